The number of rotatable bonds is 7. The molecule has 0 saturated carbocycles. The van der Waals surface area contributed by atoms with Crippen LogP contribution in [0.25, 0.3) is 0 Å². The van der Waals surface area contributed by atoms with Gasteiger partial charge in [-0.25, -0.2) is 9.78 Å². The normalized spacial score (nSPS) is 21.7. The van der Waals surface area contributed by atoms with Crippen molar-refractivity contribution in [2.45, 2.75) is 11.4 Å². The van der Waals surface area contributed by atoms with Gasteiger partial charge in [-0.05, 0) is 5.41 Å². The van der Waals surface area contributed by atoms with Gasteiger partial charge in [0.05, 0.1) is 0 Å². The number of hydrogen-bond donors (Lipinski definition) is 3. The van der Waals surface area contributed by atoms with E-state index < -0.39 is 29.2 Å². The van der Waals surface area contributed by atoms with Crippen molar-refractivity contribution in [3.05, 3.63) is 33.7 Å². The van der Waals surface area contributed by atoms with Crippen molar-refractivity contribution in [3.8, 4) is 0 Å². The first-order valence-corrected chi connectivity index (χ1v) is 10.5. The maximum Gasteiger partial charge on any atom is 0.353 e. The van der Waals surface area contributed by atoms with E-state index in [4.69, 9.17) is 10.6 Å². The van der Waals surface area contributed by atoms with Crippen LogP contribution >= 0.6 is 34.9 Å². The molecular formula is C15H15N5O5S3. The number of nitrogens with one attached hydrogen (secondary N) is 1. The van der Waals surface area contributed by atoms with Gasteiger partial charge < -0.3 is 21.0 Å². The quantitative estimate of drug-likeness (QED) is 0.315. The lowest BCUT2D eigenvalue weighted by Gasteiger charge is -2.49. The Kier molecular flexibility index (Phi) is 5.96. The molecule has 2 aliphatic heterocycles. The van der Waals surface area contributed by atoms with Crippen LogP contribution in [0.15, 0.2) is 33.1 Å². The van der Waals surface area contributed by atoms with Gasteiger partial charge in [0, 0.05) is 16.0 Å². The molecular weight excluding hydrogens is 426 g/mol. The molecule has 28 heavy (non-hydrogen) atoms. The number of aromatic nitrogens is 1. The van der Waals surface area contributed by atoms with Crippen molar-refractivity contribution >= 4 is 63.5 Å². The molecule has 0 radical (unpaired) electrons. The number of fused-ring (bicyclic) bond motifs is 1. The van der Waals surface area contributed by atoms with Crippen molar-refractivity contribution in [2.75, 3.05) is 18.6 Å². The second kappa shape index (κ2) is 8.24. The average Bonchev–Trinajstić information content (AvgIpc) is 3.09. The van der Waals surface area contributed by atoms with Crippen molar-refractivity contribution in [1.29, 1.82) is 0 Å². The summed E-state index contributed by atoms with van der Waals surface area (Å²) in [7, 11) is 1.28. The first-order valence-electron chi connectivity index (χ1n) is 7.71. The number of amides is 2. The van der Waals surface area contributed by atoms with E-state index in [2.05, 4.69) is 22.0 Å². The Morgan fingerprint density at radius 3 is 2.93 bits per heavy atom. The number of nitrogen functional groups attached to an aromatic ring is 1. The Labute approximate surface area is 171 Å². The highest BCUT2D eigenvalue weighted by atomic mass is 32.2. The molecule has 0 spiro atoms. The van der Waals surface area contributed by atoms with E-state index in [-0.39, 0.29) is 22.2 Å². The van der Waals surface area contributed by atoms with Gasteiger partial charge in [0.15, 0.2) is 10.8 Å². The van der Waals surface area contributed by atoms with E-state index >= 15 is 0 Å². The predicted molar refractivity (Wildman–Crippen MR) is 108 cm³/mol. The summed E-state index contributed by atoms with van der Waals surface area (Å²) in [6, 6.07) is -0.889. The third kappa shape index (κ3) is 3.59. The Morgan fingerprint density at radius 2 is 2.36 bits per heavy atom. The number of anilines is 1. The summed E-state index contributed by atoms with van der Waals surface area (Å²) in [4.78, 5) is 47.2. The van der Waals surface area contributed by atoms with Gasteiger partial charge in [-0.3, -0.25) is 14.5 Å². The Bertz CT molecular complexity index is 912. The number of hydrogen-bond acceptors (Lipinski definition) is 10. The highest BCUT2D eigenvalue weighted by Crippen LogP contribution is 2.43. The molecule has 1 aromatic heterocycles. The molecule has 3 rings (SSSR count). The van der Waals surface area contributed by atoms with E-state index in [0.717, 1.165) is 23.1 Å². The highest BCUT2D eigenvalue weighted by Gasteiger charge is 2.54. The zero-order chi connectivity index (χ0) is 20.4. The predicted octanol–water partition coefficient (Wildman–Crippen LogP) is 0.649. The smallest absolute Gasteiger partial charge is 0.353 e. The van der Waals surface area contributed by atoms with E-state index in [9.17, 15) is 19.5 Å². The minimum atomic E-state index is -1.20. The van der Waals surface area contributed by atoms with Gasteiger partial charge in [-0.2, -0.15) is 0 Å². The fourth-order valence-electron chi connectivity index (χ4n) is 2.68. The maximum atomic E-state index is 12.6. The molecule has 1 fully saturated rings. The molecule has 1 unspecified atom stereocenters. The first-order chi connectivity index (χ1) is 13.4. The van der Waals surface area contributed by atoms with Gasteiger partial charge in [0.1, 0.15) is 29.9 Å². The van der Waals surface area contributed by atoms with Crippen LogP contribution in [0.2, 0.25) is 0 Å². The van der Waals surface area contributed by atoms with Crippen molar-refractivity contribution in [3.63, 3.8) is 0 Å². The molecule has 2 amide bonds. The third-order valence-corrected chi connectivity index (χ3v) is 6.74. The molecule has 3 heterocycles. The maximum absolute atomic E-state index is 12.6. The van der Waals surface area contributed by atoms with E-state index in [1.165, 1.54) is 29.2 Å². The summed E-state index contributed by atoms with van der Waals surface area (Å²) in [6.07, 6.45) is 0. The number of carbonyl (C=O) groups is 3. The van der Waals surface area contributed by atoms with Gasteiger partial charge in [-0.1, -0.05) is 23.5 Å². The zero-order valence-corrected chi connectivity index (χ0v) is 16.9. The molecule has 2 aliphatic rings. The number of thiazole rings is 1. The number of oxime groups is 1. The molecule has 2 atom stereocenters. The van der Waals surface area contributed by atoms with Crippen LogP contribution in [-0.2, 0) is 19.2 Å². The van der Waals surface area contributed by atoms with Gasteiger partial charge in [0.2, 0.25) is 0 Å². The summed E-state index contributed by atoms with van der Waals surface area (Å²) in [5.74, 6) is -1.99. The minimum absolute atomic E-state index is 0.0813. The summed E-state index contributed by atoms with van der Waals surface area (Å²) < 4.78 is 0. The van der Waals surface area contributed by atoms with Gasteiger partial charge in [-0.15, -0.1) is 23.1 Å². The number of carboxylic acids is 1. The fourth-order valence-corrected chi connectivity index (χ4v) is 5.40. The van der Waals surface area contributed by atoms with Crippen molar-refractivity contribution < 1.29 is 24.3 Å². The minimum Gasteiger partial charge on any atom is -0.477 e. The lowest BCUT2D eigenvalue weighted by atomic mass is 10.0. The van der Waals surface area contributed by atoms with Crippen LogP contribution in [0.1, 0.15) is 5.69 Å². The van der Waals surface area contributed by atoms with Crippen molar-refractivity contribution in [2.24, 2.45) is 5.16 Å². The molecule has 0 bridgehead atoms. The van der Waals surface area contributed by atoms with Crippen LogP contribution in [0.4, 0.5) is 5.13 Å². The highest BCUT2D eigenvalue weighted by molar-refractivity contribution is 8.08. The average molecular weight is 442 g/mol. The van der Waals surface area contributed by atoms with E-state index in [1.54, 1.807) is 5.38 Å². The molecule has 13 heteroatoms. The van der Waals surface area contributed by atoms with E-state index in [0.29, 0.717) is 10.7 Å². The number of carbonyl (C=O) groups excluding carboxylic acids is 2. The Morgan fingerprint density at radius 1 is 1.61 bits per heavy atom. The van der Waals surface area contributed by atoms with Crippen LogP contribution in [-0.4, -0.2) is 62.8 Å². The largest absolute Gasteiger partial charge is 0.477 e. The van der Waals surface area contributed by atoms with Crippen LogP contribution < -0.4 is 11.1 Å². The number of thioether (sulfide) groups is 2. The summed E-state index contributed by atoms with van der Waals surface area (Å²) >= 11 is 3.65. The Balaban J connectivity index is 1.79. The number of nitrogens with zero attached hydrogens (tertiary/aromatic N) is 3. The molecule has 1 aromatic rings. The number of β-lactam (4-membered cyclic amide) rings is 1. The molecule has 0 aromatic carbocycles. The SMILES string of the molecule is C=CSC1=C(C(=O)O)N2C(=O)C(NC(=O)C(=NOC)c3csc(N)n3)[C@@H]2SC1. The molecule has 0 aliphatic carbocycles. The lowest BCUT2D eigenvalue weighted by molar-refractivity contribution is -0.150. The van der Waals surface area contributed by atoms with Crippen LogP contribution in [0.5, 0.6) is 0 Å². The number of carboxylic acid groups (broad SMARTS) is 1. The van der Waals surface area contributed by atoms with Crippen LogP contribution in [0, 0.1) is 0 Å². The summed E-state index contributed by atoms with van der Waals surface area (Å²) in [5, 5.41) is 18.5. The lowest BCUT2D eigenvalue weighted by Crippen LogP contribution is -2.71. The third-order valence-electron chi connectivity index (χ3n) is 3.81. The summed E-state index contributed by atoms with van der Waals surface area (Å²) in [5.41, 5.74) is 5.60. The molecule has 4 N–H and O–H groups in total. The summed E-state index contributed by atoms with van der Waals surface area (Å²) in [6.45, 7) is 3.58. The Hall–Kier alpha value is -2.51. The second-order valence-corrected chi connectivity index (χ2v) is 8.47. The zero-order valence-electron chi connectivity index (χ0n) is 14.4. The first kappa shape index (κ1) is 20.2. The van der Waals surface area contributed by atoms with Crippen molar-refractivity contribution in [1.82, 2.24) is 15.2 Å². The molecule has 148 valence electrons. The van der Waals surface area contributed by atoms with Gasteiger partial charge in [0.25, 0.3) is 11.8 Å². The second-order valence-electron chi connectivity index (χ2n) is 5.42. The molecule has 10 nitrogen and oxygen atoms in total. The topological polar surface area (TPSA) is 147 Å². The van der Waals surface area contributed by atoms with Gasteiger partial charge >= 0.3 is 5.97 Å². The number of nitrogens with two attached hydrogens (primary N) is 1. The number of aliphatic carboxylic acids is 1. The van der Waals surface area contributed by atoms with Crippen LogP contribution in [0.3, 0.4) is 0 Å². The van der Waals surface area contributed by atoms with E-state index in [1.807, 2.05) is 0 Å². The monoisotopic (exact) mass is 441 g/mol. The molecule has 1 saturated heterocycles. The standard InChI is InChI=1S/C15H15N5O5S3/c1-3-26-7-5-27-13-9(12(22)20(13)10(7)14(23)24)18-11(21)8(19-25-2)6-4-28-15(16)17-6/h3-4,9,13H,1,5H2,2H3,(H2,16,17)(H,18,21)(H,23,24)/t9?,13-/m0/s1. The fraction of sp³-hybridized carbons (Fsp3) is 0.267.